The summed E-state index contributed by atoms with van der Waals surface area (Å²) in [5.41, 5.74) is 6.68. The average molecular weight is 381 g/mol. The first-order valence-corrected chi connectivity index (χ1v) is 8.58. The summed E-state index contributed by atoms with van der Waals surface area (Å²) in [7, 11) is 0. The molecule has 0 radical (unpaired) electrons. The maximum atomic E-state index is 12.3. The first-order valence-electron chi connectivity index (χ1n) is 8.20. The molecule has 0 heterocycles. The molecule has 0 saturated heterocycles. The number of benzene rings is 2. The molecule has 0 aliphatic heterocycles. The maximum absolute atomic E-state index is 12.3. The van der Waals surface area contributed by atoms with Gasteiger partial charge in [0.1, 0.15) is 5.75 Å². The Morgan fingerprint density at radius 1 is 1.12 bits per heavy atom. The van der Waals surface area contributed by atoms with Gasteiger partial charge in [0.2, 0.25) is 5.91 Å². The van der Waals surface area contributed by atoms with E-state index in [4.69, 9.17) is 22.1 Å². The largest absolute Gasteiger partial charge is 0.454 e. The number of anilines is 1. The van der Waals surface area contributed by atoms with Gasteiger partial charge in [-0.1, -0.05) is 42.3 Å². The lowest BCUT2D eigenvalue weighted by Crippen LogP contribution is -2.28. The van der Waals surface area contributed by atoms with E-state index in [9.17, 15) is 4.79 Å². The van der Waals surface area contributed by atoms with E-state index in [1.807, 2.05) is 30.3 Å². The Morgan fingerprint density at radius 3 is 2.48 bits per heavy atom. The number of amides is 1. The molecule has 1 fully saturated rings. The van der Waals surface area contributed by atoms with Crippen molar-refractivity contribution in [3.63, 3.8) is 0 Å². The first-order chi connectivity index (χ1) is 11.6. The van der Waals surface area contributed by atoms with E-state index >= 15 is 0 Å². The molecular formula is C19H22Cl2N2O2. The molecule has 3 rings (SSSR count). The highest BCUT2D eigenvalue weighted by Crippen LogP contribution is 2.34. The zero-order chi connectivity index (χ0) is 16.9. The summed E-state index contributed by atoms with van der Waals surface area (Å²) >= 11 is 6.14. The van der Waals surface area contributed by atoms with Crippen molar-refractivity contribution < 1.29 is 9.53 Å². The Hall–Kier alpha value is -1.75. The predicted octanol–water partition coefficient (Wildman–Crippen LogP) is 5.01. The Bertz CT molecular complexity index is 724. The molecule has 0 spiro atoms. The number of para-hydroxylation sites is 3. The number of ether oxygens (including phenoxy) is 1. The van der Waals surface area contributed by atoms with Crippen LogP contribution in [0.1, 0.15) is 25.7 Å². The lowest BCUT2D eigenvalue weighted by atomic mass is 10.00. The van der Waals surface area contributed by atoms with Crippen molar-refractivity contribution in [2.24, 2.45) is 11.7 Å². The van der Waals surface area contributed by atoms with Crippen molar-refractivity contribution in [2.75, 3.05) is 5.32 Å². The van der Waals surface area contributed by atoms with Gasteiger partial charge in [-0.15, -0.1) is 12.4 Å². The lowest BCUT2D eigenvalue weighted by molar-refractivity contribution is -0.117. The molecule has 2 aromatic rings. The monoisotopic (exact) mass is 380 g/mol. The number of halogens is 2. The summed E-state index contributed by atoms with van der Waals surface area (Å²) in [6, 6.07) is 14.7. The fourth-order valence-corrected chi connectivity index (χ4v) is 3.24. The summed E-state index contributed by atoms with van der Waals surface area (Å²) in [6.45, 7) is 0. The van der Waals surface area contributed by atoms with Crippen molar-refractivity contribution in [1.29, 1.82) is 0 Å². The number of nitrogens with two attached hydrogens (primary N) is 1. The van der Waals surface area contributed by atoms with Crippen LogP contribution in [0, 0.1) is 5.92 Å². The minimum Gasteiger partial charge on any atom is -0.454 e. The molecule has 6 heteroatoms. The number of hydrogen-bond donors (Lipinski definition) is 2. The van der Waals surface area contributed by atoms with Gasteiger partial charge in [-0.05, 0) is 43.0 Å². The van der Waals surface area contributed by atoms with E-state index in [-0.39, 0.29) is 30.3 Å². The van der Waals surface area contributed by atoms with Crippen LogP contribution in [-0.4, -0.2) is 11.9 Å². The summed E-state index contributed by atoms with van der Waals surface area (Å²) in [4.78, 5) is 12.3. The van der Waals surface area contributed by atoms with E-state index < -0.39 is 0 Å². The van der Waals surface area contributed by atoms with Crippen molar-refractivity contribution in [2.45, 2.75) is 31.7 Å². The minimum absolute atomic E-state index is 0. The standard InChI is InChI=1S/C19H21ClN2O2.ClH/c20-14-7-1-3-10-17(14)24-18-11-4-2-9-16(18)22-19(23)12-13-6-5-8-15(13)21;/h1-4,7,9-11,13,15H,5-6,8,12,21H2,(H,22,23);1H/t13-,15+;/m0./s1. The quantitative estimate of drug-likeness (QED) is 0.765. The molecule has 2 atom stereocenters. The van der Waals surface area contributed by atoms with Crippen LogP contribution in [0.4, 0.5) is 5.69 Å². The van der Waals surface area contributed by atoms with Gasteiger partial charge in [-0.25, -0.2) is 0 Å². The molecule has 4 nitrogen and oxygen atoms in total. The molecule has 25 heavy (non-hydrogen) atoms. The highest BCUT2D eigenvalue weighted by molar-refractivity contribution is 6.32. The Labute approximate surface area is 159 Å². The van der Waals surface area contributed by atoms with E-state index in [2.05, 4.69) is 5.32 Å². The van der Waals surface area contributed by atoms with Crippen molar-refractivity contribution >= 4 is 35.6 Å². The topological polar surface area (TPSA) is 64.4 Å². The number of carbonyl (C=O) groups is 1. The van der Waals surface area contributed by atoms with E-state index in [1.165, 1.54) is 0 Å². The van der Waals surface area contributed by atoms with Crippen LogP contribution in [0.15, 0.2) is 48.5 Å². The third-order valence-electron chi connectivity index (χ3n) is 4.38. The fraction of sp³-hybridized carbons (Fsp3) is 0.316. The van der Waals surface area contributed by atoms with Gasteiger partial charge >= 0.3 is 0 Å². The van der Waals surface area contributed by atoms with Gasteiger partial charge in [-0.2, -0.15) is 0 Å². The molecule has 1 aliphatic rings. The second-order valence-corrected chi connectivity index (χ2v) is 6.54. The third-order valence-corrected chi connectivity index (χ3v) is 4.70. The van der Waals surface area contributed by atoms with Gasteiger partial charge in [-0.3, -0.25) is 4.79 Å². The predicted molar refractivity (Wildman–Crippen MR) is 104 cm³/mol. The summed E-state index contributed by atoms with van der Waals surface area (Å²) in [5.74, 6) is 1.35. The molecule has 3 N–H and O–H groups in total. The van der Waals surface area contributed by atoms with Crippen molar-refractivity contribution in [3.05, 3.63) is 53.6 Å². The van der Waals surface area contributed by atoms with Crippen LogP contribution < -0.4 is 15.8 Å². The average Bonchev–Trinajstić information content (AvgIpc) is 2.96. The van der Waals surface area contributed by atoms with Gasteiger partial charge in [0.15, 0.2) is 5.75 Å². The smallest absolute Gasteiger partial charge is 0.224 e. The molecule has 0 aromatic heterocycles. The summed E-state index contributed by atoms with van der Waals surface area (Å²) < 4.78 is 5.86. The number of rotatable bonds is 5. The molecule has 0 unspecified atom stereocenters. The maximum Gasteiger partial charge on any atom is 0.224 e. The van der Waals surface area contributed by atoms with Crippen molar-refractivity contribution in [3.8, 4) is 11.5 Å². The second-order valence-electron chi connectivity index (χ2n) is 6.14. The minimum atomic E-state index is -0.0347. The molecule has 2 aromatic carbocycles. The molecule has 134 valence electrons. The highest BCUT2D eigenvalue weighted by atomic mass is 35.5. The Balaban J connectivity index is 0.00000225. The van der Waals surface area contributed by atoms with Crippen LogP contribution in [0.3, 0.4) is 0 Å². The summed E-state index contributed by atoms with van der Waals surface area (Å²) in [5, 5.41) is 3.46. The van der Waals surface area contributed by atoms with Crippen LogP contribution in [0.25, 0.3) is 0 Å². The zero-order valence-electron chi connectivity index (χ0n) is 13.8. The molecular weight excluding hydrogens is 359 g/mol. The van der Waals surface area contributed by atoms with Crippen LogP contribution in [-0.2, 0) is 4.79 Å². The van der Waals surface area contributed by atoms with Gasteiger partial charge in [0.05, 0.1) is 10.7 Å². The van der Waals surface area contributed by atoms with Crippen LogP contribution in [0.5, 0.6) is 11.5 Å². The fourth-order valence-electron chi connectivity index (χ4n) is 3.06. The van der Waals surface area contributed by atoms with Gasteiger partial charge in [0.25, 0.3) is 0 Å². The van der Waals surface area contributed by atoms with E-state index in [1.54, 1.807) is 18.2 Å². The highest BCUT2D eigenvalue weighted by Gasteiger charge is 2.26. The third kappa shape index (κ3) is 5.11. The number of hydrogen-bond acceptors (Lipinski definition) is 3. The zero-order valence-corrected chi connectivity index (χ0v) is 15.4. The SMILES string of the molecule is Cl.N[C@@H]1CCC[C@H]1CC(=O)Nc1ccccc1Oc1ccccc1Cl. The molecule has 1 amide bonds. The lowest BCUT2D eigenvalue weighted by Gasteiger charge is -2.16. The van der Waals surface area contributed by atoms with Crippen molar-refractivity contribution in [1.82, 2.24) is 0 Å². The normalized spacial score (nSPS) is 19.1. The Kier molecular flexibility index (Phi) is 7.12. The Morgan fingerprint density at radius 2 is 1.80 bits per heavy atom. The van der Waals surface area contributed by atoms with E-state index in [0.717, 1.165) is 19.3 Å². The molecule has 1 saturated carbocycles. The number of nitrogens with one attached hydrogen (secondary N) is 1. The first kappa shape index (κ1) is 19.6. The van der Waals surface area contributed by atoms with Gasteiger partial charge in [0, 0.05) is 12.5 Å². The molecule has 1 aliphatic carbocycles. The van der Waals surface area contributed by atoms with Crippen LogP contribution >= 0.6 is 24.0 Å². The molecule has 0 bridgehead atoms. The van der Waals surface area contributed by atoms with Crippen LogP contribution in [0.2, 0.25) is 5.02 Å². The number of carbonyl (C=O) groups excluding carboxylic acids is 1. The second kappa shape index (κ2) is 9.09. The summed E-state index contributed by atoms with van der Waals surface area (Å²) in [6.07, 6.45) is 3.57. The van der Waals surface area contributed by atoms with E-state index in [0.29, 0.717) is 28.6 Å². The van der Waals surface area contributed by atoms with Gasteiger partial charge < -0.3 is 15.8 Å².